The molecule has 34 heavy (non-hydrogen) atoms. The molecular weight excluding hydrogens is 473 g/mol. The monoisotopic (exact) mass is 494 g/mol. The van der Waals surface area contributed by atoms with Crippen LogP contribution in [0.2, 0.25) is 5.02 Å². The first-order valence-electron chi connectivity index (χ1n) is 10.2. The van der Waals surface area contributed by atoms with E-state index >= 15 is 0 Å². The molecule has 0 fully saturated rings. The summed E-state index contributed by atoms with van der Waals surface area (Å²) in [7, 11) is 0. The molecule has 2 atom stereocenters. The van der Waals surface area contributed by atoms with Crippen molar-refractivity contribution in [2.45, 2.75) is 31.7 Å². The third-order valence-electron chi connectivity index (χ3n) is 4.95. The number of carbonyl (C=O) groups is 1. The summed E-state index contributed by atoms with van der Waals surface area (Å²) in [6.45, 7) is 3.40. The van der Waals surface area contributed by atoms with Gasteiger partial charge in [0.1, 0.15) is 30.0 Å². The van der Waals surface area contributed by atoms with Crippen molar-refractivity contribution in [1.29, 1.82) is 0 Å². The van der Waals surface area contributed by atoms with Crippen LogP contribution in [-0.2, 0) is 16.6 Å². The molecule has 0 aliphatic rings. The molecule has 0 aliphatic heterocycles. The topological polar surface area (TPSA) is 65.0 Å². The fourth-order valence-corrected chi connectivity index (χ4v) is 3.16. The Labute approximate surface area is 199 Å². The van der Waals surface area contributed by atoms with E-state index in [2.05, 4.69) is 0 Å². The summed E-state index contributed by atoms with van der Waals surface area (Å²) >= 11 is 5.85. The summed E-state index contributed by atoms with van der Waals surface area (Å²) in [4.78, 5) is 12.0. The highest BCUT2D eigenvalue weighted by Crippen LogP contribution is 2.33. The standard InChI is InChI=1S/C25H22ClF3O5/c1-16(33-21-13-7-19(26)8-14-21)15-32-20-9-3-17(4-10-20)24(2,23(30)31)34-22-11-5-18(6-12-22)25(27,28)29/h3-14,16H,15H2,1-2H3,(H,30,31). The van der Waals surface area contributed by atoms with Crippen LogP contribution in [0.15, 0.2) is 72.8 Å². The number of carboxylic acid groups (broad SMARTS) is 1. The second-order valence-electron chi connectivity index (χ2n) is 7.68. The van der Waals surface area contributed by atoms with Crippen LogP contribution >= 0.6 is 11.6 Å². The summed E-state index contributed by atoms with van der Waals surface area (Å²) < 4.78 is 55.3. The average molecular weight is 495 g/mol. The molecule has 0 aromatic heterocycles. The number of carboxylic acids is 1. The Bertz CT molecular complexity index is 1100. The number of halogens is 4. The van der Waals surface area contributed by atoms with E-state index < -0.39 is 23.3 Å². The zero-order valence-corrected chi connectivity index (χ0v) is 19.1. The Kier molecular flexibility index (Phi) is 7.61. The van der Waals surface area contributed by atoms with Crippen molar-refractivity contribution in [1.82, 2.24) is 0 Å². The van der Waals surface area contributed by atoms with Gasteiger partial charge in [0.05, 0.1) is 5.56 Å². The summed E-state index contributed by atoms with van der Waals surface area (Å²) in [5.41, 5.74) is -2.39. The van der Waals surface area contributed by atoms with Crippen LogP contribution in [0.1, 0.15) is 25.0 Å². The lowest BCUT2D eigenvalue weighted by atomic mass is 9.95. The molecule has 1 N–H and O–H groups in total. The largest absolute Gasteiger partial charge is 0.490 e. The van der Waals surface area contributed by atoms with Crippen molar-refractivity contribution in [2.24, 2.45) is 0 Å². The zero-order chi connectivity index (χ0) is 24.9. The molecule has 5 nitrogen and oxygen atoms in total. The maximum atomic E-state index is 12.8. The third-order valence-corrected chi connectivity index (χ3v) is 5.20. The van der Waals surface area contributed by atoms with Gasteiger partial charge < -0.3 is 19.3 Å². The molecule has 3 rings (SSSR count). The molecule has 3 aromatic carbocycles. The Morgan fingerprint density at radius 3 is 1.91 bits per heavy atom. The quantitative estimate of drug-likeness (QED) is 0.364. The van der Waals surface area contributed by atoms with Crippen LogP contribution in [0.3, 0.4) is 0 Å². The van der Waals surface area contributed by atoms with Crippen molar-refractivity contribution in [3.63, 3.8) is 0 Å². The van der Waals surface area contributed by atoms with Crippen molar-refractivity contribution in [3.8, 4) is 17.2 Å². The van der Waals surface area contributed by atoms with Gasteiger partial charge in [0.25, 0.3) is 0 Å². The molecule has 0 heterocycles. The molecule has 0 spiro atoms. The van der Waals surface area contributed by atoms with E-state index in [4.69, 9.17) is 25.8 Å². The van der Waals surface area contributed by atoms with E-state index in [9.17, 15) is 23.1 Å². The summed E-state index contributed by atoms with van der Waals surface area (Å²) in [6, 6.07) is 17.0. The van der Waals surface area contributed by atoms with Gasteiger partial charge >= 0.3 is 12.1 Å². The lowest BCUT2D eigenvalue weighted by molar-refractivity contribution is -0.154. The van der Waals surface area contributed by atoms with Gasteiger partial charge in [-0.25, -0.2) is 4.79 Å². The SMILES string of the molecule is CC(COc1ccc(C(C)(Oc2ccc(C(F)(F)F)cc2)C(=O)O)cc1)Oc1ccc(Cl)cc1. The zero-order valence-electron chi connectivity index (χ0n) is 18.3. The fourth-order valence-electron chi connectivity index (χ4n) is 3.04. The van der Waals surface area contributed by atoms with Crippen LogP contribution < -0.4 is 14.2 Å². The van der Waals surface area contributed by atoms with E-state index in [0.29, 0.717) is 16.5 Å². The summed E-state index contributed by atoms with van der Waals surface area (Å²) in [5.74, 6) is -0.177. The highest BCUT2D eigenvalue weighted by atomic mass is 35.5. The van der Waals surface area contributed by atoms with Gasteiger partial charge in [-0.3, -0.25) is 0 Å². The molecule has 3 aromatic rings. The van der Waals surface area contributed by atoms with Gasteiger partial charge in [-0.2, -0.15) is 13.2 Å². The number of alkyl halides is 3. The molecule has 0 bridgehead atoms. The highest BCUT2D eigenvalue weighted by molar-refractivity contribution is 6.30. The van der Waals surface area contributed by atoms with Gasteiger partial charge in [0, 0.05) is 10.6 Å². The van der Waals surface area contributed by atoms with Crippen LogP contribution in [-0.4, -0.2) is 23.8 Å². The molecule has 9 heteroatoms. The Morgan fingerprint density at radius 1 is 0.882 bits per heavy atom. The smallest absolute Gasteiger partial charge is 0.416 e. The maximum absolute atomic E-state index is 12.8. The molecule has 0 radical (unpaired) electrons. The van der Waals surface area contributed by atoms with Gasteiger partial charge in [-0.15, -0.1) is 0 Å². The fraction of sp³-hybridized carbons (Fsp3) is 0.240. The highest BCUT2D eigenvalue weighted by Gasteiger charge is 2.38. The lowest BCUT2D eigenvalue weighted by Crippen LogP contribution is -2.38. The first kappa shape index (κ1) is 25.2. The first-order valence-corrected chi connectivity index (χ1v) is 10.6. The van der Waals surface area contributed by atoms with Crippen LogP contribution in [0.5, 0.6) is 17.2 Å². The van der Waals surface area contributed by atoms with Crippen LogP contribution in [0, 0.1) is 0 Å². The molecule has 180 valence electrons. The number of hydrogen-bond donors (Lipinski definition) is 1. The number of benzene rings is 3. The minimum Gasteiger partial charge on any atom is -0.490 e. The molecular formula is C25H22ClF3O5. The van der Waals surface area contributed by atoms with Gasteiger partial charge in [-0.05, 0) is 74.5 Å². The molecule has 0 aliphatic carbocycles. The minimum absolute atomic E-state index is 0.00796. The predicted molar refractivity (Wildman–Crippen MR) is 121 cm³/mol. The minimum atomic E-state index is -4.50. The van der Waals surface area contributed by atoms with Gasteiger partial charge in [-0.1, -0.05) is 23.7 Å². The predicted octanol–water partition coefficient (Wildman–Crippen LogP) is 6.58. The summed E-state index contributed by atoms with van der Waals surface area (Å²) in [5, 5.41) is 10.4. The van der Waals surface area contributed by atoms with Crippen molar-refractivity contribution in [3.05, 3.63) is 88.9 Å². The lowest BCUT2D eigenvalue weighted by Gasteiger charge is -2.27. The number of hydrogen-bond acceptors (Lipinski definition) is 4. The van der Waals surface area contributed by atoms with E-state index in [-0.39, 0.29) is 24.0 Å². The van der Waals surface area contributed by atoms with E-state index in [0.717, 1.165) is 24.3 Å². The van der Waals surface area contributed by atoms with Crippen molar-refractivity contribution < 1.29 is 37.3 Å². The van der Waals surface area contributed by atoms with Crippen molar-refractivity contribution >= 4 is 17.6 Å². The second kappa shape index (κ2) is 10.3. The normalized spacial score (nSPS) is 14.1. The Morgan fingerprint density at radius 2 is 1.38 bits per heavy atom. The van der Waals surface area contributed by atoms with Crippen LogP contribution in [0.25, 0.3) is 0 Å². The Hall–Kier alpha value is -3.39. The molecule has 2 unspecified atom stereocenters. The molecule has 0 saturated heterocycles. The summed E-state index contributed by atoms with van der Waals surface area (Å²) in [6.07, 6.45) is -4.77. The van der Waals surface area contributed by atoms with E-state index in [1.54, 1.807) is 36.4 Å². The number of aliphatic carboxylic acids is 1. The van der Waals surface area contributed by atoms with E-state index in [1.165, 1.54) is 19.1 Å². The second-order valence-corrected chi connectivity index (χ2v) is 8.12. The molecule has 0 saturated carbocycles. The molecule has 0 amide bonds. The third kappa shape index (κ3) is 6.35. The van der Waals surface area contributed by atoms with Crippen LogP contribution in [0.4, 0.5) is 13.2 Å². The average Bonchev–Trinajstić information content (AvgIpc) is 2.79. The number of rotatable bonds is 9. The van der Waals surface area contributed by atoms with Gasteiger partial charge in [0.2, 0.25) is 5.60 Å². The van der Waals surface area contributed by atoms with Crippen molar-refractivity contribution in [2.75, 3.05) is 6.61 Å². The van der Waals surface area contributed by atoms with Gasteiger partial charge in [0.15, 0.2) is 0 Å². The maximum Gasteiger partial charge on any atom is 0.416 e. The Balaban J connectivity index is 1.65. The first-order chi connectivity index (χ1) is 16.0. The number of ether oxygens (including phenoxy) is 3. The van der Waals surface area contributed by atoms with E-state index in [1.807, 2.05) is 6.92 Å².